The number of ether oxygens (including phenoxy) is 1. The maximum Gasteiger partial charge on any atom is 0.175 e. The number of aromatic nitrogens is 1. The van der Waals surface area contributed by atoms with Gasteiger partial charge in [-0.2, -0.15) is 0 Å². The van der Waals surface area contributed by atoms with Gasteiger partial charge in [0.15, 0.2) is 9.84 Å². The summed E-state index contributed by atoms with van der Waals surface area (Å²) in [6.45, 7) is 4.95. The van der Waals surface area contributed by atoms with Crippen LogP contribution in [0.4, 0.5) is 5.82 Å². The topological polar surface area (TPSA) is 59.5 Å². The van der Waals surface area contributed by atoms with Crippen molar-refractivity contribution in [3.05, 3.63) is 72.4 Å². The average molecular weight is 435 g/mol. The Morgan fingerprint density at radius 3 is 2.10 bits per heavy atom. The van der Waals surface area contributed by atoms with E-state index in [1.807, 2.05) is 42.6 Å². The van der Waals surface area contributed by atoms with E-state index in [9.17, 15) is 8.42 Å². The first-order chi connectivity index (χ1) is 14.9. The summed E-state index contributed by atoms with van der Waals surface area (Å²) in [7, 11) is -3.17. The lowest BCUT2D eigenvalue weighted by atomic mass is 10.1. The summed E-state index contributed by atoms with van der Waals surface area (Å²) in [5, 5.41) is 0. The van der Waals surface area contributed by atoms with Gasteiger partial charge >= 0.3 is 0 Å². The van der Waals surface area contributed by atoms with Crippen LogP contribution < -0.4 is 9.64 Å². The lowest BCUT2D eigenvalue weighted by Crippen LogP contribution is -2.26. The molecule has 0 amide bonds. The molecule has 2 heterocycles. The minimum absolute atomic E-state index is 0.336. The first-order valence-corrected chi connectivity index (χ1v) is 12.5. The fraction of sp³-hybridized carbons (Fsp3) is 0.320. The monoisotopic (exact) mass is 434 g/mol. The van der Waals surface area contributed by atoms with Crippen LogP contribution in [0.5, 0.6) is 5.75 Å². The molecule has 160 valence electrons. The lowest BCUT2D eigenvalue weighted by molar-refractivity contribution is 0.283. The molecule has 5 nitrogen and oxygen atoms in total. The number of piperidine rings is 1. The Hall–Kier alpha value is -2.86. The van der Waals surface area contributed by atoms with Crippen LogP contribution in [0.15, 0.2) is 71.8 Å². The molecular formula is C25H26N2O3S. The highest BCUT2D eigenvalue weighted by Crippen LogP contribution is 2.52. The summed E-state index contributed by atoms with van der Waals surface area (Å²) in [4.78, 5) is 7.27. The molecule has 0 bridgehead atoms. The third-order valence-electron chi connectivity index (χ3n) is 6.50. The Balaban J connectivity index is 1.14. The van der Waals surface area contributed by atoms with Crippen LogP contribution in [0.2, 0.25) is 0 Å². The Kier molecular flexibility index (Phi) is 4.97. The molecule has 31 heavy (non-hydrogen) atoms. The molecule has 1 saturated heterocycles. The second-order valence-electron chi connectivity index (χ2n) is 8.72. The van der Waals surface area contributed by atoms with E-state index in [-0.39, 0.29) is 0 Å². The van der Waals surface area contributed by atoms with Crippen molar-refractivity contribution in [3.8, 4) is 16.9 Å². The van der Waals surface area contributed by atoms with E-state index < -0.39 is 9.84 Å². The molecule has 3 aromatic rings. The zero-order valence-electron chi connectivity index (χ0n) is 17.7. The van der Waals surface area contributed by atoms with Crippen molar-refractivity contribution in [3.63, 3.8) is 0 Å². The smallest absolute Gasteiger partial charge is 0.175 e. The van der Waals surface area contributed by atoms with Gasteiger partial charge in [-0.05, 0) is 65.8 Å². The SMILES string of the molecule is Cc1ccc(N2C[C@@H]3C(COc4ccc(-c5ccc(S(C)(=O)=O)cc5)cc4)[C@@H]3C2)nc1. The van der Waals surface area contributed by atoms with Crippen LogP contribution in [0.1, 0.15) is 5.56 Å². The molecule has 5 rings (SSSR count). The highest BCUT2D eigenvalue weighted by atomic mass is 32.2. The average Bonchev–Trinajstić information content (AvgIpc) is 3.21. The van der Waals surface area contributed by atoms with Crippen molar-refractivity contribution < 1.29 is 13.2 Å². The van der Waals surface area contributed by atoms with E-state index >= 15 is 0 Å². The van der Waals surface area contributed by atoms with Gasteiger partial charge in [0.2, 0.25) is 0 Å². The number of aryl methyl sites for hydroxylation is 1. The maximum absolute atomic E-state index is 11.6. The number of nitrogens with zero attached hydrogens (tertiary/aromatic N) is 2. The lowest BCUT2D eigenvalue weighted by Gasteiger charge is -2.21. The highest BCUT2D eigenvalue weighted by Gasteiger charge is 2.56. The molecule has 1 aliphatic heterocycles. The van der Waals surface area contributed by atoms with Crippen molar-refractivity contribution in [2.24, 2.45) is 17.8 Å². The molecule has 2 aliphatic rings. The minimum atomic E-state index is -3.17. The summed E-state index contributed by atoms with van der Waals surface area (Å²) in [5.74, 6) is 3.99. The Morgan fingerprint density at radius 1 is 0.935 bits per heavy atom. The Bertz CT molecular complexity index is 1160. The van der Waals surface area contributed by atoms with Crippen molar-refractivity contribution >= 4 is 15.7 Å². The van der Waals surface area contributed by atoms with E-state index in [0.717, 1.165) is 42.4 Å². The second kappa shape index (κ2) is 7.68. The van der Waals surface area contributed by atoms with Gasteiger partial charge in [-0.15, -0.1) is 0 Å². The van der Waals surface area contributed by atoms with Crippen LogP contribution in [-0.2, 0) is 9.84 Å². The third-order valence-corrected chi connectivity index (χ3v) is 7.63. The van der Waals surface area contributed by atoms with Crippen LogP contribution in [-0.4, -0.2) is 39.4 Å². The number of rotatable bonds is 6. The Morgan fingerprint density at radius 2 is 1.55 bits per heavy atom. The molecule has 3 atom stereocenters. The third kappa shape index (κ3) is 4.17. The van der Waals surface area contributed by atoms with E-state index in [1.165, 1.54) is 11.8 Å². The molecule has 1 unspecified atom stereocenters. The zero-order chi connectivity index (χ0) is 21.6. The summed E-state index contributed by atoms with van der Waals surface area (Å²) >= 11 is 0. The predicted molar refractivity (Wildman–Crippen MR) is 122 cm³/mol. The van der Waals surface area contributed by atoms with Crippen LogP contribution in [0, 0.1) is 24.7 Å². The van der Waals surface area contributed by atoms with Gasteiger partial charge in [0.05, 0.1) is 11.5 Å². The maximum atomic E-state index is 11.6. The fourth-order valence-electron chi connectivity index (χ4n) is 4.56. The molecule has 0 radical (unpaired) electrons. The van der Waals surface area contributed by atoms with Crippen molar-refractivity contribution in [2.45, 2.75) is 11.8 Å². The molecule has 1 aromatic heterocycles. The minimum Gasteiger partial charge on any atom is -0.493 e. The molecule has 6 heteroatoms. The van der Waals surface area contributed by atoms with E-state index in [0.29, 0.717) is 22.6 Å². The van der Waals surface area contributed by atoms with Crippen molar-refractivity contribution in [2.75, 3.05) is 30.9 Å². The number of hydrogen-bond donors (Lipinski definition) is 0. The first kappa shape index (κ1) is 20.1. The van der Waals surface area contributed by atoms with Crippen LogP contribution >= 0.6 is 0 Å². The molecule has 0 N–H and O–H groups in total. The highest BCUT2D eigenvalue weighted by molar-refractivity contribution is 7.90. The number of hydrogen-bond acceptors (Lipinski definition) is 5. The number of fused-ring (bicyclic) bond motifs is 1. The standard InChI is InChI=1S/C25H26N2O3S/c1-17-3-12-25(26-13-17)27-14-22-23(15-27)24(22)16-30-20-8-4-18(5-9-20)19-6-10-21(11-7-19)31(2,28)29/h3-13,22-24H,14-16H2,1-2H3/t22-,23+,24?. The van der Waals surface area contributed by atoms with Gasteiger partial charge in [-0.3, -0.25) is 0 Å². The van der Waals surface area contributed by atoms with Gasteiger partial charge in [-0.25, -0.2) is 13.4 Å². The zero-order valence-corrected chi connectivity index (χ0v) is 18.5. The van der Waals surface area contributed by atoms with E-state index in [1.54, 1.807) is 12.1 Å². The van der Waals surface area contributed by atoms with E-state index in [2.05, 4.69) is 28.9 Å². The van der Waals surface area contributed by atoms with Crippen molar-refractivity contribution in [1.29, 1.82) is 0 Å². The van der Waals surface area contributed by atoms with E-state index in [4.69, 9.17) is 4.74 Å². The molecular weight excluding hydrogens is 408 g/mol. The molecule has 1 aliphatic carbocycles. The number of pyridine rings is 1. The van der Waals surface area contributed by atoms with Gasteiger partial charge in [0, 0.05) is 31.5 Å². The van der Waals surface area contributed by atoms with Crippen LogP contribution in [0.25, 0.3) is 11.1 Å². The molecule has 0 spiro atoms. The number of sulfone groups is 1. The quantitative estimate of drug-likeness (QED) is 0.581. The van der Waals surface area contributed by atoms with Gasteiger partial charge in [0.1, 0.15) is 11.6 Å². The van der Waals surface area contributed by atoms with Gasteiger partial charge in [-0.1, -0.05) is 30.3 Å². The molecule has 1 saturated carbocycles. The van der Waals surface area contributed by atoms with Crippen LogP contribution in [0.3, 0.4) is 0 Å². The number of anilines is 1. The normalized spacial score (nSPS) is 22.3. The summed E-state index contributed by atoms with van der Waals surface area (Å²) < 4.78 is 29.3. The molecule has 2 aromatic carbocycles. The summed E-state index contributed by atoms with van der Waals surface area (Å²) in [5.41, 5.74) is 3.22. The summed E-state index contributed by atoms with van der Waals surface area (Å²) in [6, 6.07) is 19.2. The van der Waals surface area contributed by atoms with Crippen molar-refractivity contribution in [1.82, 2.24) is 4.98 Å². The molecule has 2 fully saturated rings. The summed E-state index contributed by atoms with van der Waals surface area (Å²) in [6.07, 6.45) is 3.16. The fourth-order valence-corrected chi connectivity index (χ4v) is 5.19. The second-order valence-corrected chi connectivity index (χ2v) is 10.7. The van der Waals surface area contributed by atoms with Gasteiger partial charge in [0.25, 0.3) is 0 Å². The largest absolute Gasteiger partial charge is 0.493 e. The number of benzene rings is 2. The first-order valence-electron chi connectivity index (χ1n) is 10.6. The van der Waals surface area contributed by atoms with Gasteiger partial charge < -0.3 is 9.64 Å². The Labute approximate surface area is 183 Å². The predicted octanol–water partition coefficient (Wildman–Crippen LogP) is 4.22.